The van der Waals surface area contributed by atoms with Gasteiger partial charge in [0.15, 0.2) is 5.84 Å². The number of amides is 1. The maximum Gasteiger partial charge on any atom is 0.223 e. The van der Waals surface area contributed by atoms with Gasteiger partial charge in [0.25, 0.3) is 0 Å². The van der Waals surface area contributed by atoms with Gasteiger partial charge in [0.05, 0.1) is 6.04 Å². The summed E-state index contributed by atoms with van der Waals surface area (Å²) in [6.45, 7) is 1.89. The van der Waals surface area contributed by atoms with Crippen LogP contribution in [0.3, 0.4) is 0 Å². The SMILES string of the molecule is CCC(NC(=O)C1CCCC1)/C(N)=N/O. The van der Waals surface area contributed by atoms with Crippen molar-refractivity contribution in [2.24, 2.45) is 16.8 Å². The lowest BCUT2D eigenvalue weighted by molar-refractivity contribution is -0.125. The van der Waals surface area contributed by atoms with Crippen molar-refractivity contribution in [3.63, 3.8) is 0 Å². The van der Waals surface area contributed by atoms with Crippen LogP contribution in [0, 0.1) is 5.92 Å². The van der Waals surface area contributed by atoms with Crippen LogP contribution in [-0.4, -0.2) is 23.0 Å². The predicted octanol–water partition coefficient (Wildman–Crippen LogP) is 0.818. The van der Waals surface area contributed by atoms with Gasteiger partial charge < -0.3 is 16.3 Å². The minimum absolute atomic E-state index is 0.0333. The molecule has 1 unspecified atom stereocenters. The lowest BCUT2D eigenvalue weighted by Crippen LogP contribution is -2.46. The Morgan fingerprint density at radius 1 is 1.60 bits per heavy atom. The summed E-state index contributed by atoms with van der Waals surface area (Å²) in [4.78, 5) is 11.7. The fraction of sp³-hybridized carbons (Fsp3) is 0.800. The van der Waals surface area contributed by atoms with Crippen LogP contribution in [-0.2, 0) is 4.79 Å². The van der Waals surface area contributed by atoms with Crippen molar-refractivity contribution in [3.8, 4) is 0 Å². The van der Waals surface area contributed by atoms with Gasteiger partial charge >= 0.3 is 0 Å². The molecular formula is C10H19N3O2. The molecule has 0 aromatic carbocycles. The summed E-state index contributed by atoms with van der Waals surface area (Å²) < 4.78 is 0. The Bertz CT molecular complexity index is 247. The number of amidine groups is 1. The van der Waals surface area contributed by atoms with E-state index in [2.05, 4.69) is 10.5 Å². The van der Waals surface area contributed by atoms with E-state index in [9.17, 15) is 4.79 Å². The normalized spacial score (nSPS) is 20.2. The van der Waals surface area contributed by atoms with Gasteiger partial charge in [0, 0.05) is 5.92 Å². The van der Waals surface area contributed by atoms with Crippen molar-refractivity contribution in [1.82, 2.24) is 5.32 Å². The van der Waals surface area contributed by atoms with Crippen LogP contribution in [0.2, 0.25) is 0 Å². The van der Waals surface area contributed by atoms with Crippen LogP contribution in [0.4, 0.5) is 0 Å². The molecule has 86 valence electrons. The van der Waals surface area contributed by atoms with Gasteiger partial charge in [0.1, 0.15) is 0 Å². The third-order valence-corrected chi connectivity index (χ3v) is 2.92. The molecule has 1 saturated carbocycles. The van der Waals surface area contributed by atoms with Gasteiger partial charge in [-0.2, -0.15) is 0 Å². The zero-order chi connectivity index (χ0) is 11.3. The van der Waals surface area contributed by atoms with E-state index in [0.717, 1.165) is 25.7 Å². The van der Waals surface area contributed by atoms with Crippen molar-refractivity contribution >= 4 is 11.7 Å². The van der Waals surface area contributed by atoms with Gasteiger partial charge in [-0.05, 0) is 19.3 Å². The molecule has 0 aliphatic heterocycles. The molecule has 0 spiro atoms. The van der Waals surface area contributed by atoms with Gasteiger partial charge in [-0.15, -0.1) is 0 Å². The first-order valence-corrected chi connectivity index (χ1v) is 5.46. The molecule has 1 fully saturated rings. The second kappa shape index (κ2) is 5.58. The molecule has 4 N–H and O–H groups in total. The molecule has 0 bridgehead atoms. The highest BCUT2D eigenvalue weighted by atomic mass is 16.4. The minimum atomic E-state index is -0.344. The molecule has 1 rings (SSSR count). The van der Waals surface area contributed by atoms with E-state index >= 15 is 0 Å². The summed E-state index contributed by atoms with van der Waals surface area (Å²) in [7, 11) is 0. The molecule has 0 heterocycles. The summed E-state index contributed by atoms with van der Waals surface area (Å²) in [5.41, 5.74) is 5.46. The first kappa shape index (κ1) is 11.8. The number of nitrogens with two attached hydrogens (primary N) is 1. The monoisotopic (exact) mass is 213 g/mol. The largest absolute Gasteiger partial charge is 0.409 e. The Morgan fingerprint density at radius 3 is 2.67 bits per heavy atom. The third-order valence-electron chi connectivity index (χ3n) is 2.92. The van der Waals surface area contributed by atoms with E-state index in [1.165, 1.54) is 0 Å². The van der Waals surface area contributed by atoms with Crippen LogP contribution >= 0.6 is 0 Å². The second-order valence-corrected chi connectivity index (χ2v) is 3.98. The Kier molecular flexibility index (Phi) is 4.39. The molecular weight excluding hydrogens is 194 g/mol. The molecule has 1 amide bonds. The van der Waals surface area contributed by atoms with Crippen molar-refractivity contribution in [2.45, 2.75) is 45.1 Å². The van der Waals surface area contributed by atoms with Gasteiger partial charge in [-0.25, -0.2) is 0 Å². The molecule has 1 atom stereocenters. The molecule has 0 radical (unpaired) electrons. The van der Waals surface area contributed by atoms with Crippen LogP contribution in [0.1, 0.15) is 39.0 Å². The topological polar surface area (TPSA) is 87.7 Å². The van der Waals surface area contributed by atoms with Crippen molar-refractivity contribution in [3.05, 3.63) is 0 Å². The van der Waals surface area contributed by atoms with Crippen molar-refractivity contribution < 1.29 is 10.0 Å². The van der Waals surface area contributed by atoms with Crippen LogP contribution < -0.4 is 11.1 Å². The molecule has 0 aromatic heterocycles. The first-order chi connectivity index (χ1) is 7.19. The zero-order valence-corrected chi connectivity index (χ0v) is 9.07. The third kappa shape index (κ3) is 3.11. The van der Waals surface area contributed by atoms with Crippen molar-refractivity contribution in [1.29, 1.82) is 0 Å². The molecule has 1 aliphatic carbocycles. The van der Waals surface area contributed by atoms with E-state index in [1.807, 2.05) is 6.92 Å². The van der Waals surface area contributed by atoms with E-state index < -0.39 is 0 Å². The Morgan fingerprint density at radius 2 is 2.20 bits per heavy atom. The number of hydrogen-bond donors (Lipinski definition) is 3. The van der Waals surface area contributed by atoms with E-state index in [1.54, 1.807) is 0 Å². The fourth-order valence-electron chi connectivity index (χ4n) is 1.93. The average molecular weight is 213 g/mol. The van der Waals surface area contributed by atoms with Crippen LogP contribution in [0.5, 0.6) is 0 Å². The zero-order valence-electron chi connectivity index (χ0n) is 9.07. The Balaban J connectivity index is 2.47. The minimum Gasteiger partial charge on any atom is -0.409 e. The van der Waals surface area contributed by atoms with Gasteiger partial charge in [0.2, 0.25) is 5.91 Å². The Hall–Kier alpha value is -1.26. The Labute approximate surface area is 89.7 Å². The second-order valence-electron chi connectivity index (χ2n) is 3.98. The molecule has 0 saturated heterocycles. The number of carbonyl (C=O) groups excluding carboxylic acids is 1. The lowest BCUT2D eigenvalue weighted by Gasteiger charge is -2.17. The van der Waals surface area contributed by atoms with E-state index in [4.69, 9.17) is 10.9 Å². The molecule has 5 heteroatoms. The summed E-state index contributed by atoms with van der Waals surface area (Å²) in [5, 5.41) is 14.2. The first-order valence-electron chi connectivity index (χ1n) is 5.46. The number of rotatable bonds is 4. The smallest absolute Gasteiger partial charge is 0.223 e. The lowest BCUT2D eigenvalue weighted by atomic mass is 10.1. The number of carbonyl (C=O) groups is 1. The average Bonchev–Trinajstić information content (AvgIpc) is 2.77. The predicted molar refractivity (Wildman–Crippen MR) is 57.6 cm³/mol. The maximum atomic E-state index is 11.7. The highest BCUT2D eigenvalue weighted by molar-refractivity contribution is 5.90. The molecule has 1 aliphatic rings. The molecule has 5 nitrogen and oxygen atoms in total. The number of nitrogens with zero attached hydrogens (tertiary/aromatic N) is 1. The molecule has 15 heavy (non-hydrogen) atoms. The standard InChI is InChI=1S/C10H19N3O2/c1-2-8(9(11)13-15)12-10(14)7-5-3-4-6-7/h7-8,15H,2-6H2,1H3,(H2,11,13)(H,12,14). The maximum absolute atomic E-state index is 11.7. The summed E-state index contributed by atoms with van der Waals surface area (Å²) in [6.07, 6.45) is 4.79. The highest BCUT2D eigenvalue weighted by Gasteiger charge is 2.25. The van der Waals surface area contributed by atoms with Crippen molar-refractivity contribution in [2.75, 3.05) is 0 Å². The van der Waals surface area contributed by atoms with Crippen LogP contribution in [0.25, 0.3) is 0 Å². The number of nitrogens with one attached hydrogen (secondary N) is 1. The van der Waals surface area contributed by atoms with Crippen LogP contribution in [0.15, 0.2) is 5.16 Å². The highest BCUT2D eigenvalue weighted by Crippen LogP contribution is 2.24. The number of hydrogen-bond acceptors (Lipinski definition) is 3. The summed E-state index contributed by atoms with van der Waals surface area (Å²) in [6, 6.07) is -0.344. The summed E-state index contributed by atoms with van der Waals surface area (Å²) >= 11 is 0. The number of oxime groups is 1. The van der Waals surface area contributed by atoms with Gasteiger partial charge in [-0.1, -0.05) is 24.9 Å². The fourth-order valence-corrected chi connectivity index (χ4v) is 1.93. The summed E-state index contributed by atoms with van der Waals surface area (Å²) in [5.74, 6) is 0.223. The quantitative estimate of drug-likeness (QED) is 0.279. The van der Waals surface area contributed by atoms with E-state index in [-0.39, 0.29) is 23.7 Å². The van der Waals surface area contributed by atoms with Gasteiger partial charge in [-0.3, -0.25) is 4.79 Å². The molecule has 0 aromatic rings. The van der Waals surface area contributed by atoms with E-state index in [0.29, 0.717) is 6.42 Å².